The lowest BCUT2D eigenvalue weighted by atomic mass is 10.0. The van der Waals surface area contributed by atoms with E-state index in [9.17, 15) is 25.2 Å². The molecule has 10 nitrogen and oxygen atoms in total. The number of carbonyl (C=O) groups excluding carboxylic acids is 1. The number of piperazine rings is 1. The van der Waals surface area contributed by atoms with Crippen molar-refractivity contribution in [3.63, 3.8) is 0 Å². The van der Waals surface area contributed by atoms with E-state index < -0.39 is 12.2 Å². The fourth-order valence-electron chi connectivity index (χ4n) is 11.7. The standard InChI is InChI=1S/C68H138N4O6S2/c1-5-9-13-17-21-25-27-31-35-39-46-66(75)62-72(63-67(76)47-40-36-32-28-26-22-18-14-10-6-2)50-43-48-68(77)78-57-55-69-51-53-70(54-52-69)56-59-80-79-58-42-41-49-71(60-64(73)44-37-33-29-23-19-15-11-7-3)61-65(74)45-38-34-30-24-20-16-12-8-4/h64-67,73-76H,5-63H2,1-4H3. The Kier molecular flexibility index (Phi) is 58.9. The summed E-state index contributed by atoms with van der Waals surface area (Å²) in [6, 6.07) is 0. The molecule has 1 aliphatic heterocycles. The van der Waals surface area contributed by atoms with Gasteiger partial charge in [-0.25, -0.2) is 0 Å². The van der Waals surface area contributed by atoms with Gasteiger partial charge >= 0.3 is 5.97 Å². The largest absolute Gasteiger partial charge is 0.464 e. The Morgan fingerprint density at radius 1 is 0.375 bits per heavy atom. The van der Waals surface area contributed by atoms with Gasteiger partial charge in [0.25, 0.3) is 0 Å². The van der Waals surface area contributed by atoms with Crippen molar-refractivity contribution in [2.45, 2.75) is 335 Å². The summed E-state index contributed by atoms with van der Waals surface area (Å²) in [5.74, 6) is 2.12. The lowest BCUT2D eigenvalue weighted by Crippen LogP contribution is -2.47. The molecule has 4 unspecified atom stereocenters. The Balaban J connectivity index is 2.36. The Labute approximate surface area is 505 Å². The molecule has 1 aliphatic rings. The van der Waals surface area contributed by atoms with Crippen molar-refractivity contribution >= 4 is 27.6 Å². The second-order valence-corrected chi connectivity index (χ2v) is 27.7. The van der Waals surface area contributed by atoms with Gasteiger partial charge in [-0.15, -0.1) is 0 Å². The van der Waals surface area contributed by atoms with Crippen LogP contribution in [0.3, 0.4) is 0 Å². The number of carbonyl (C=O) groups is 1. The average Bonchev–Trinajstić information content (AvgIpc) is 3.44. The van der Waals surface area contributed by atoms with E-state index in [1.165, 1.54) is 205 Å². The first-order valence-electron chi connectivity index (χ1n) is 35.2. The molecule has 0 aromatic carbocycles. The van der Waals surface area contributed by atoms with Gasteiger partial charge in [0.1, 0.15) is 6.61 Å². The number of aliphatic hydroxyl groups excluding tert-OH is 4. The maximum Gasteiger partial charge on any atom is 0.305 e. The van der Waals surface area contributed by atoms with Crippen LogP contribution >= 0.6 is 21.6 Å². The van der Waals surface area contributed by atoms with Crippen LogP contribution in [0.1, 0.15) is 310 Å². The van der Waals surface area contributed by atoms with Gasteiger partial charge in [0, 0.05) is 83.4 Å². The lowest BCUT2D eigenvalue weighted by Gasteiger charge is -2.34. The quantitative estimate of drug-likeness (QED) is 0.0264. The number of aliphatic hydroxyl groups is 4. The molecule has 1 fully saturated rings. The third kappa shape index (κ3) is 53.3. The van der Waals surface area contributed by atoms with Gasteiger partial charge in [0.05, 0.1) is 24.4 Å². The second-order valence-electron chi connectivity index (χ2n) is 25.0. The predicted octanol–water partition coefficient (Wildman–Crippen LogP) is 16.8. The number of ether oxygens (including phenoxy) is 1. The van der Waals surface area contributed by atoms with Gasteiger partial charge in [-0.05, 0) is 58.0 Å². The third-order valence-electron chi connectivity index (χ3n) is 17.0. The molecule has 0 aliphatic carbocycles. The van der Waals surface area contributed by atoms with Crippen molar-refractivity contribution in [3.8, 4) is 0 Å². The summed E-state index contributed by atoms with van der Waals surface area (Å²) in [6.07, 6.45) is 51.5. The molecular weight excluding hydrogens is 1030 g/mol. The Bertz CT molecular complexity index is 1190. The van der Waals surface area contributed by atoms with Crippen LogP contribution in [-0.4, -0.2) is 167 Å². The topological polar surface area (TPSA) is 120 Å². The van der Waals surface area contributed by atoms with Gasteiger partial charge in [-0.3, -0.25) is 24.4 Å². The molecule has 1 rings (SSSR count). The average molecular weight is 1170 g/mol. The highest BCUT2D eigenvalue weighted by molar-refractivity contribution is 8.76. The van der Waals surface area contributed by atoms with Gasteiger partial charge in [0.2, 0.25) is 0 Å². The summed E-state index contributed by atoms with van der Waals surface area (Å²) in [4.78, 5) is 22.5. The summed E-state index contributed by atoms with van der Waals surface area (Å²) in [7, 11) is 3.99. The number of hydrogen-bond donors (Lipinski definition) is 4. The van der Waals surface area contributed by atoms with E-state index in [-0.39, 0.29) is 18.2 Å². The third-order valence-corrected chi connectivity index (χ3v) is 19.4. The summed E-state index contributed by atoms with van der Waals surface area (Å²) >= 11 is 0. The van der Waals surface area contributed by atoms with Crippen LogP contribution in [-0.2, 0) is 9.53 Å². The number of esters is 1. The highest BCUT2D eigenvalue weighted by Crippen LogP contribution is 2.24. The van der Waals surface area contributed by atoms with E-state index >= 15 is 0 Å². The van der Waals surface area contributed by atoms with Gasteiger partial charge in [-0.2, -0.15) is 0 Å². The minimum atomic E-state index is -0.404. The molecular formula is C68H138N4O6S2. The van der Waals surface area contributed by atoms with E-state index in [1.807, 2.05) is 21.6 Å². The first-order valence-corrected chi connectivity index (χ1v) is 37.7. The van der Waals surface area contributed by atoms with Crippen LogP contribution in [0.25, 0.3) is 0 Å². The zero-order valence-corrected chi connectivity index (χ0v) is 55.4. The summed E-state index contributed by atoms with van der Waals surface area (Å²) in [5, 5.41) is 44.2. The van der Waals surface area contributed by atoms with Crippen LogP contribution in [0, 0.1) is 0 Å². The summed E-state index contributed by atoms with van der Waals surface area (Å²) in [5.41, 5.74) is 0. The Morgan fingerprint density at radius 3 is 1.00 bits per heavy atom. The maximum atomic E-state index is 12.9. The Morgan fingerprint density at radius 2 is 0.662 bits per heavy atom. The molecule has 12 heteroatoms. The van der Waals surface area contributed by atoms with Crippen LogP contribution in [0.5, 0.6) is 0 Å². The number of unbranched alkanes of at least 4 members (excludes halogenated alkanes) is 33. The molecule has 0 aromatic rings. The molecule has 0 aromatic heterocycles. The minimum Gasteiger partial charge on any atom is -0.464 e. The highest BCUT2D eigenvalue weighted by atomic mass is 33.1. The molecule has 0 radical (unpaired) electrons. The Hall–Kier alpha value is -0.150. The predicted molar refractivity (Wildman–Crippen MR) is 352 cm³/mol. The van der Waals surface area contributed by atoms with Crippen molar-refractivity contribution in [2.24, 2.45) is 0 Å². The molecule has 4 atom stereocenters. The van der Waals surface area contributed by atoms with E-state index in [0.717, 1.165) is 122 Å². The van der Waals surface area contributed by atoms with Crippen molar-refractivity contribution in [1.82, 2.24) is 19.6 Å². The van der Waals surface area contributed by atoms with Crippen LogP contribution in [0.2, 0.25) is 0 Å². The molecule has 0 saturated carbocycles. The van der Waals surface area contributed by atoms with Crippen molar-refractivity contribution in [1.29, 1.82) is 0 Å². The minimum absolute atomic E-state index is 0.140. The lowest BCUT2D eigenvalue weighted by molar-refractivity contribution is -0.144. The van der Waals surface area contributed by atoms with E-state index in [1.54, 1.807) is 0 Å². The fraction of sp³-hybridized carbons (Fsp3) is 0.985. The second kappa shape index (κ2) is 60.5. The molecule has 478 valence electrons. The molecule has 1 heterocycles. The zero-order valence-electron chi connectivity index (χ0n) is 53.7. The summed E-state index contributed by atoms with van der Waals surface area (Å²) < 4.78 is 5.74. The molecule has 0 amide bonds. The molecule has 4 N–H and O–H groups in total. The molecule has 0 spiro atoms. The van der Waals surface area contributed by atoms with Crippen molar-refractivity contribution in [3.05, 3.63) is 0 Å². The first kappa shape index (κ1) is 77.9. The number of hydrogen-bond acceptors (Lipinski definition) is 12. The molecule has 80 heavy (non-hydrogen) atoms. The van der Waals surface area contributed by atoms with E-state index in [0.29, 0.717) is 52.2 Å². The monoisotopic (exact) mass is 1170 g/mol. The molecule has 0 bridgehead atoms. The van der Waals surface area contributed by atoms with Crippen LogP contribution in [0.15, 0.2) is 0 Å². The molecule has 1 saturated heterocycles. The van der Waals surface area contributed by atoms with Crippen LogP contribution < -0.4 is 0 Å². The van der Waals surface area contributed by atoms with Gasteiger partial charge in [0.15, 0.2) is 0 Å². The van der Waals surface area contributed by atoms with E-state index in [4.69, 9.17) is 4.74 Å². The smallest absolute Gasteiger partial charge is 0.305 e. The van der Waals surface area contributed by atoms with Gasteiger partial charge in [-0.1, -0.05) is 280 Å². The van der Waals surface area contributed by atoms with Crippen molar-refractivity contribution < 1.29 is 30.0 Å². The maximum absolute atomic E-state index is 12.9. The van der Waals surface area contributed by atoms with E-state index in [2.05, 4.69) is 47.3 Å². The number of nitrogens with zero attached hydrogens (tertiary/aromatic N) is 4. The number of rotatable bonds is 64. The van der Waals surface area contributed by atoms with Crippen molar-refractivity contribution in [2.75, 3.05) is 96.6 Å². The fourth-order valence-corrected chi connectivity index (χ4v) is 13.8. The van der Waals surface area contributed by atoms with Gasteiger partial charge < -0.3 is 25.2 Å². The SMILES string of the molecule is CCCCCCCCCCCCC(O)CN(CCCC(=O)OCCN1CCN(CCSSCCCCN(CC(O)CCCCCCCCCC)CC(O)CCCCCCCCCC)CC1)CC(O)CCCCCCCCCCCC. The first-order chi connectivity index (χ1) is 39.2. The zero-order chi connectivity index (χ0) is 58.0. The summed E-state index contributed by atoms with van der Waals surface area (Å²) in [6.45, 7) is 19.6. The highest BCUT2D eigenvalue weighted by Gasteiger charge is 2.20. The normalized spacial score (nSPS) is 15.1. The van der Waals surface area contributed by atoms with Crippen LogP contribution in [0.4, 0.5) is 0 Å².